The molecule has 1 aliphatic rings. The second-order valence-corrected chi connectivity index (χ2v) is 5.93. The standard InChI is InChI=1S/C17H17F2NO6/c18-14(19)11(13(21)9-5-2-1-3-6-9)12(17(25)26)15(22)20-8-4-7-10(20)16(23)24/h1-3,5-6,10-12,14H,4,7-8H2,(H,23,24)(H,25,26)/t10-,11?,12?/m0/s1. The van der Waals surface area contributed by atoms with Gasteiger partial charge in [0.2, 0.25) is 12.3 Å². The van der Waals surface area contributed by atoms with Crippen LogP contribution in [0.15, 0.2) is 30.3 Å². The first-order valence-electron chi connectivity index (χ1n) is 7.89. The molecular formula is C17H17F2NO6. The molecule has 2 rings (SSSR count). The van der Waals surface area contributed by atoms with Crippen LogP contribution in [0.25, 0.3) is 0 Å². The molecule has 0 aliphatic carbocycles. The third-order valence-corrected chi connectivity index (χ3v) is 4.34. The summed E-state index contributed by atoms with van der Waals surface area (Å²) in [6.45, 7) is -0.0605. The smallest absolute Gasteiger partial charge is 0.326 e. The normalized spacial score (nSPS) is 19.2. The van der Waals surface area contributed by atoms with Crippen molar-refractivity contribution in [3.8, 4) is 0 Å². The van der Waals surface area contributed by atoms with Gasteiger partial charge in [0.15, 0.2) is 11.7 Å². The molecule has 0 saturated carbocycles. The van der Waals surface area contributed by atoms with E-state index in [1.165, 1.54) is 24.3 Å². The molecule has 9 heteroatoms. The highest BCUT2D eigenvalue weighted by Crippen LogP contribution is 2.29. The van der Waals surface area contributed by atoms with Crippen molar-refractivity contribution in [2.45, 2.75) is 25.3 Å². The monoisotopic (exact) mass is 369 g/mol. The minimum absolute atomic E-state index is 0.0605. The molecule has 7 nitrogen and oxygen atoms in total. The zero-order chi connectivity index (χ0) is 19.4. The summed E-state index contributed by atoms with van der Waals surface area (Å²) in [5.74, 6) is -10.5. The van der Waals surface area contributed by atoms with Gasteiger partial charge in [-0.2, -0.15) is 0 Å². The molecule has 1 aliphatic heterocycles. The number of carbonyl (C=O) groups is 4. The molecule has 3 atom stereocenters. The molecule has 1 saturated heterocycles. The number of carboxylic acid groups (broad SMARTS) is 2. The number of likely N-dealkylation sites (tertiary alicyclic amines) is 1. The Hall–Kier alpha value is -2.84. The lowest BCUT2D eigenvalue weighted by Crippen LogP contribution is -2.50. The van der Waals surface area contributed by atoms with Crippen LogP contribution >= 0.6 is 0 Å². The first-order valence-corrected chi connectivity index (χ1v) is 7.89. The molecule has 1 aromatic rings. The van der Waals surface area contributed by atoms with E-state index in [1.54, 1.807) is 6.07 Å². The predicted molar refractivity (Wildman–Crippen MR) is 83.8 cm³/mol. The second kappa shape index (κ2) is 8.03. The van der Waals surface area contributed by atoms with Crippen molar-refractivity contribution in [2.24, 2.45) is 11.8 Å². The van der Waals surface area contributed by atoms with Crippen molar-refractivity contribution in [3.63, 3.8) is 0 Å². The van der Waals surface area contributed by atoms with Crippen molar-refractivity contribution in [2.75, 3.05) is 6.54 Å². The van der Waals surface area contributed by atoms with E-state index >= 15 is 0 Å². The van der Waals surface area contributed by atoms with E-state index in [9.17, 15) is 33.1 Å². The molecular weight excluding hydrogens is 352 g/mol. The van der Waals surface area contributed by atoms with Crippen LogP contribution in [0.1, 0.15) is 23.2 Å². The number of rotatable bonds is 7. The number of carboxylic acids is 2. The Kier molecular flexibility index (Phi) is 6.01. The van der Waals surface area contributed by atoms with Gasteiger partial charge >= 0.3 is 11.9 Å². The van der Waals surface area contributed by atoms with Gasteiger partial charge in [0.05, 0.1) is 0 Å². The van der Waals surface area contributed by atoms with Crippen LogP contribution in [0.3, 0.4) is 0 Å². The van der Waals surface area contributed by atoms with Crippen molar-refractivity contribution in [3.05, 3.63) is 35.9 Å². The quantitative estimate of drug-likeness (QED) is 0.557. The largest absolute Gasteiger partial charge is 0.481 e. The summed E-state index contributed by atoms with van der Waals surface area (Å²) in [7, 11) is 0. The number of amides is 1. The summed E-state index contributed by atoms with van der Waals surface area (Å²) in [6, 6.07) is 5.61. The number of aliphatic carboxylic acids is 2. The van der Waals surface area contributed by atoms with Gasteiger partial charge in [-0.25, -0.2) is 13.6 Å². The average Bonchev–Trinajstić information content (AvgIpc) is 3.08. The zero-order valence-electron chi connectivity index (χ0n) is 13.5. The number of halogens is 2. The highest BCUT2D eigenvalue weighted by molar-refractivity contribution is 6.07. The number of benzene rings is 1. The van der Waals surface area contributed by atoms with Crippen LogP contribution < -0.4 is 0 Å². The van der Waals surface area contributed by atoms with E-state index in [1.807, 2.05) is 0 Å². The maximum Gasteiger partial charge on any atom is 0.326 e. The van der Waals surface area contributed by atoms with Crippen molar-refractivity contribution in [1.29, 1.82) is 0 Å². The van der Waals surface area contributed by atoms with Gasteiger partial charge in [-0.1, -0.05) is 30.3 Å². The Bertz CT molecular complexity index is 708. The van der Waals surface area contributed by atoms with Crippen LogP contribution in [-0.2, 0) is 14.4 Å². The highest BCUT2D eigenvalue weighted by Gasteiger charge is 2.49. The fourth-order valence-electron chi connectivity index (χ4n) is 3.08. The SMILES string of the molecule is O=C(O)C(C(=O)N1CCC[C@H]1C(=O)O)C(C(=O)c1ccccc1)C(F)F. The highest BCUT2D eigenvalue weighted by atomic mass is 19.3. The minimum Gasteiger partial charge on any atom is -0.481 e. The van der Waals surface area contributed by atoms with Gasteiger partial charge in [-0.05, 0) is 12.8 Å². The summed E-state index contributed by atoms with van der Waals surface area (Å²) in [4.78, 5) is 48.6. The van der Waals surface area contributed by atoms with E-state index in [2.05, 4.69) is 0 Å². The summed E-state index contributed by atoms with van der Waals surface area (Å²) >= 11 is 0. The Morgan fingerprint density at radius 2 is 1.69 bits per heavy atom. The fourth-order valence-corrected chi connectivity index (χ4v) is 3.08. The fraction of sp³-hybridized carbons (Fsp3) is 0.412. The lowest BCUT2D eigenvalue weighted by atomic mass is 9.84. The van der Waals surface area contributed by atoms with E-state index < -0.39 is 47.9 Å². The van der Waals surface area contributed by atoms with Crippen LogP contribution in [0, 0.1) is 11.8 Å². The van der Waals surface area contributed by atoms with Crippen molar-refractivity contribution >= 4 is 23.6 Å². The van der Waals surface area contributed by atoms with E-state index in [-0.39, 0.29) is 18.5 Å². The first kappa shape index (κ1) is 19.5. The number of ketones is 1. The number of hydrogen-bond donors (Lipinski definition) is 2. The molecule has 1 amide bonds. The van der Waals surface area contributed by atoms with Gasteiger partial charge in [0, 0.05) is 12.1 Å². The molecule has 1 heterocycles. The lowest BCUT2D eigenvalue weighted by Gasteiger charge is -2.28. The number of nitrogens with zero attached hydrogens (tertiary/aromatic N) is 1. The van der Waals surface area contributed by atoms with Crippen LogP contribution in [0.2, 0.25) is 0 Å². The first-order chi connectivity index (χ1) is 12.3. The molecule has 1 fully saturated rings. The average molecular weight is 369 g/mol. The van der Waals surface area contributed by atoms with E-state index in [0.29, 0.717) is 6.42 Å². The van der Waals surface area contributed by atoms with E-state index in [4.69, 9.17) is 5.11 Å². The molecule has 0 spiro atoms. The van der Waals surface area contributed by atoms with Gasteiger partial charge < -0.3 is 15.1 Å². The second-order valence-electron chi connectivity index (χ2n) is 5.93. The number of alkyl halides is 2. The predicted octanol–water partition coefficient (Wildman–Crippen LogP) is 1.53. The van der Waals surface area contributed by atoms with Gasteiger partial charge in [0.1, 0.15) is 12.0 Å². The Morgan fingerprint density at radius 1 is 1.08 bits per heavy atom. The molecule has 2 unspecified atom stereocenters. The number of carbonyl (C=O) groups excluding carboxylic acids is 2. The minimum atomic E-state index is -3.40. The molecule has 0 bridgehead atoms. The van der Waals surface area contributed by atoms with E-state index in [0.717, 1.165) is 4.90 Å². The maximum absolute atomic E-state index is 13.6. The Balaban J connectivity index is 2.39. The number of hydrogen-bond acceptors (Lipinski definition) is 4. The van der Waals surface area contributed by atoms with Crippen LogP contribution in [-0.4, -0.2) is 57.8 Å². The van der Waals surface area contributed by atoms with Gasteiger partial charge in [0.25, 0.3) is 0 Å². The third-order valence-electron chi connectivity index (χ3n) is 4.34. The maximum atomic E-state index is 13.6. The van der Waals surface area contributed by atoms with Gasteiger partial charge in [-0.15, -0.1) is 0 Å². The summed E-state index contributed by atoms with van der Waals surface area (Å²) in [5, 5.41) is 18.5. The van der Waals surface area contributed by atoms with Crippen molar-refractivity contribution < 1.29 is 38.2 Å². The topological polar surface area (TPSA) is 112 Å². The molecule has 2 N–H and O–H groups in total. The Labute approximate surface area is 147 Å². The summed E-state index contributed by atoms with van der Waals surface area (Å²) in [6.07, 6.45) is -3.00. The van der Waals surface area contributed by atoms with Gasteiger partial charge in [-0.3, -0.25) is 14.4 Å². The number of Topliss-reactive ketones (excluding diaryl/α,β-unsaturated/α-hetero) is 1. The molecule has 0 aromatic heterocycles. The van der Waals surface area contributed by atoms with Crippen LogP contribution in [0.4, 0.5) is 8.78 Å². The lowest BCUT2D eigenvalue weighted by molar-refractivity contribution is -0.160. The molecule has 26 heavy (non-hydrogen) atoms. The third kappa shape index (κ3) is 3.87. The summed E-state index contributed by atoms with van der Waals surface area (Å²) in [5.41, 5.74) is -0.145. The Morgan fingerprint density at radius 3 is 2.19 bits per heavy atom. The van der Waals surface area contributed by atoms with Crippen LogP contribution in [0.5, 0.6) is 0 Å². The molecule has 1 aromatic carbocycles. The molecule has 0 radical (unpaired) electrons. The zero-order valence-corrected chi connectivity index (χ0v) is 13.5. The van der Waals surface area contributed by atoms with Crippen molar-refractivity contribution in [1.82, 2.24) is 4.90 Å². The summed E-state index contributed by atoms with van der Waals surface area (Å²) < 4.78 is 27.2. The molecule has 140 valence electrons.